The van der Waals surface area contributed by atoms with Crippen LogP contribution in [0.3, 0.4) is 0 Å². The number of hydrogen-bond donors (Lipinski definition) is 2. The quantitative estimate of drug-likeness (QED) is 0.574. The molecule has 2 N–H and O–H groups in total. The van der Waals surface area contributed by atoms with Gasteiger partial charge < -0.3 is 15.1 Å². The van der Waals surface area contributed by atoms with Crippen LogP contribution in [0.5, 0.6) is 0 Å². The first-order valence-corrected chi connectivity index (χ1v) is 6.40. The number of thiophene rings is 1. The summed E-state index contributed by atoms with van der Waals surface area (Å²) in [6, 6.07) is 1.55. The van der Waals surface area contributed by atoms with Crippen molar-refractivity contribution in [2.45, 2.75) is 13.5 Å². The second-order valence-corrected chi connectivity index (χ2v) is 5.74. The first-order chi connectivity index (χ1) is 8.40. The summed E-state index contributed by atoms with van der Waals surface area (Å²) in [5, 5.41) is 30.8. The average Bonchev–Trinajstić information content (AvgIpc) is 2.77. The molecule has 0 saturated heterocycles. The maximum atomic E-state index is 10.6. The van der Waals surface area contributed by atoms with E-state index < -0.39 is 10.3 Å². The summed E-state index contributed by atoms with van der Waals surface area (Å²) in [7, 11) is 1.85. The monoisotopic (exact) mass is 274 g/mol. The molecule has 6 nitrogen and oxygen atoms in total. The summed E-state index contributed by atoms with van der Waals surface area (Å²) in [4.78, 5) is 12.1. The molecule has 0 bridgehead atoms. The third-order valence-electron chi connectivity index (χ3n) is 2.69. The summed E-state index contributed by atoms with van der Waals surface area (Å²) in [6.45, 7) is 2.67. The van der Waals surface area contributed by atoms with Crippen LogP contribution in [0.15, 0.2) is 11.4 Å². The molecule has 1 aromatic heterocycles. The Kier molecular flexibility index (Phi) is 5.21. The van der Waals surface area contributed by atoms with Gasteiger partial charge in [-0.15, -0.1) is 0 Å². The first kappa shape index (κ1) is 15.0. The van der Waals surface area contributed by atoms with E-state index in [1.54, 1.807) is 18.4 Å². The van der Waals surface area contributed by atoms with Crippen LogP contribution in [-0.4, -0.2) is 46.8 Å². The molecule has 0 aliphatic heterocycles. The molecule has 0 aliphatic rings. The van der Waals surface area contributed by atoms with Crippen molar-refractivity contribution in [3.05, 3.63) is 27.1 Å². The van der Waals surface area contributed by atoms with Gasteiger partial charge in [-0.1, -0.05) is 18.3 Å². The molecule has 1 heterocycles. The summed E-state index contributed by atoms with van der Waals surface area (Å²) >= 11 is 1.10. The summed E-state index contributed by atoms with van der Waals surface area (Å²) < 4.78 is 0. The fourth-order valence-electron chi connectivity index (χ4n) is 1.71. The lowest BCUT2D eigenvalue weighted by molar-refractivity contribution is -0.380. The highest BCUT2D eigenvalue weighted by Crippen LogP contribution is 2.24. The van der Waals surface area contributed by atoms with E-state index in [-0.39, 0.29) is 18.2 Å². The molecule has 0 aromatic carbocycles. The highest BCUT2D eigenvalue weighted by atomic mass is 32.1. The van der Waals surface area contributed by atoms with Crippen LogP contribution in [0.2, 0.25) is 0 Å². The summed E-state index contributed by atoms with van der Waals surface area (Å²) in [5.41, 5.74) is 0.309. The minimum atomic E-state index is -0.559. The Bertz CT molecular complexity index is 404. The highest BCUT2D eigenvalue weighted by Gasteiger charge is 2.24. The Hall–Kier alpha value is -1.02. The van der Waals surface area contributed by atoms with Gasteiger partial charge in [0.15, 0.2) is 0 Å². The van der Waals surface area contributed by atoms with Crippen LogP contribution >= 0.6 is 11.3 Å². The largest absolute Gasteiger partial charge is 0.396 e. The minimum Gasteiger partial charge on any atom is -0.396 e. The Morgan fingerprint density at radius 1 is 1.50 bits per heavy atom. The van der Waals surface area contributed by atoms with Gasteiger partial charge in [0, 0.05) is 30.0 Å². The van der Waals surface area contributed by atoms with Crippen molar-refractivity contribution in [3.8, 4) is 0 Å². The van der Waals surface area contributed by atoms with E-state index in [2.05, 4.69) is 0 Å². The second-order valence-electron chi connectivity index (χ2n) is 4.85. The molecule has 0 aliphatic carbocycles. The first-order valence-electron chi connectivity index (χ1n) is 5.52. The molecule has 7 heteroatoms. The zero-order valence-corrected chi connectivity index (χ0v) is 11.3. The van der Waals surface area contributed by atoms with Crippen molar-refractivity contribution in [1.82, 2.24) is 4.90 Å². The third kappa shape index (κ3) is 4.02. The van der Waals surface area contributed by atoms with E-state index in [0.717, 1.165) is 16.9 Å². The molecule has 1 rings (SSSR count). The van der Waals surface area contributed by atoms with Crippen molar-refractivity contribution in [3.63, 3.8) is 0 Å². The average molecular weight is 274 g/mol. The Morgan fingerprint density at radius 2 is 2.11 bits per heavy atom. The predicted molar refractivity (Wildman–Crippen MR) is 69.6 cm³/mol. The van der Waals surface area contributed by atoms with Crippen molar-refractivity contribution in [1.29, 1.82) is 0 Å². The van der Waals surface area contributed by atoms with Gasteiger partial charge in [0.05, 0.1) is 18.1 Å². The maximum absolute atomic E-state index is 10.6. The van der Waals surface area contributed by atoms with E-state index in [1.165, 1.54) is 0 Å². The lowest BCUT2D eigenvalue weighted by Gasteiger charge is -2.30. The van der Waals surface area contributed by atoms with E-state index in [0.29, 0.717) is 13.1 Å². The summed E-state index contributed by atoms with van der Waals surface area (Å²) in [5.74, 6) is 0. The van der Waals surface area contributed by atoms with E-state index in [4.69, 9.17) is 0 Å². The molecule has 0 unspecified atom stereocenters. The molecule has 0 fully saturated rings. The minimum absolute atomic E-state index is 0.0996. The topological polar surface area (TPSA) is 86.8 Å². The Morgan fingerprint density at radius 3 is 2.56 bits per heavy atom. The standard InChI is InChI=1S/C11H18N2O4S/c1-11(7-14,8-15)6-12(2)4-9-3-10(13(16)17)18-5-9/h3,5,14-15H,4,6-8H2,1-2H3. The van der Waals surface area contributed by atoms with Crippen LogP contribution in [0.4, 0.5) is 5.00 Å². The second kappa shape index (κ2) is 6.24. The SMILES string of the molecule is CN(Cc1csc([N+](=O)[O-])c1)CC(C)(CO)CO. The molecule has 0 saturated carbocycles. The van der Waals surface area contributed by atoms with E-state index in [1.807, 2.05) is 11.9 Å². The van der Waals surface area contributed by atoms with Gasteiger partial charge in [0.1, 0.15) is 0 Å². The van der Waals surface area contributed by atoms with Gasteiger partial charge in [0.25, 0.3) is 0 Å². The van der Waals surface area contributed by atoms with Crippen LogP contribution in [0.25, 0.3) is 0 Å². The molecule has 1 aromatic rings. The molecule has 0 spiro atoms. The maximum Gasteiger partial charge on any atom is 0.324 e. The van der Waals surface area contributed by atoms with Gasteiger partial charge in [-0.25, -0.2) is 0 Å². The van der Waals surface area contributed by atoms with Gasteiger partial charge in [0.2, 0.25) is 0 Å². The molecule has 0 radical (unpaired) electrons. The van der Waals surface area contributed by atoms with Gasteiger partial charge in [-0.3, -0.25) is 10.1 Å². The Balaban J connectivity index is 2.58. The van der Waals surface area contributed by atoms with Crippen molar-refractivity contribution < 1.29 is 15.1 Å². The van der Waals surface area contributed by atoms with E-state index >= 15 is 0 Å². The van der Waals surface area contributed by atoms with Crippen LogP contribution < -0.4 is 0 Å². The van der Waals surface area contributed by atoms with Crippen molar-refractivity contribution in [2.24, 2.45) is 5.41 Å². The number of nitro groups is 1. The molecule has 0 amide bonds. The fraction of sp³-hybridized carbons (Fsp3) is 0.636. The zero-order valence-electron chi connectivity index (χ0n) is 10.5. The van der Waals surface area contributed by atoms with Crippen LogP contribution in [-0.2, 0) is 6.54 Å². The van der Waals surface area contributed by atoms with Gasteiger partial charge in [-0.2, -0.15) is 0 Å². The number of nitrogens with zero attached hydrogens (tertiary/aromatic N) is 2. The smallest absolute Gasteiger partial charge is 0.324 e. The van der Waals surface area contributed by atoms with Crippen molar-refractivity contribution in [2.75, 3.05) is 26.8 Å². The van der Waals surface area contributed by atoms with E-state index in [9.17, 15) is 20.3 Å². The number of hydrogen-bond acceptors (Lipinski definition) is 6. The molecular formula is C11H18N2O4S. The molecule has 0 atom stereocenters. The van der Waals surface area contributed by atoms with Crippen LogP contribution in [0.1, 0.15) is 12.5 Å². The van der Waals surface area contributed by atoms with Crippen molar-refractivity contribution >= 4 is 16.3 Å². The van der Waals surface area contributed by atoms with Crippen LogP contribution in [0, 0.1) is 15.5 Å². The molecule has 18 heavy (non-hydrogen) atoms. The lowest BCUT2D eigenvalue weighted by atomic mass is 9.92. The lowest BCUT2D eigenvalue weighted by Crippen LogP contribution is -2.38. The number of aliphatic hydroxyl groups is 2. The number of aliphatic hydroxyl groups excluding tert-OH is 2. The molecular weight excluding hydrogens is 256 g/mol. The Labute approximate surface area is 110 Å². The third-order valence-corrected chi connectivity index (χ3v) is 3.62. The van der Waals surface area contributed by atoms with Gasteiger partial charge in [-0.05, 0) is 12.6 Å². The summed E-state index contributed by atoms with van der Waals surface area (Å²) in [6.07, 6.45) is 0. The number of rotatable bonds is 7. The van der Waals surface area contributed by atoms with Gasteiger partial charge >= 0.3 is 5.00 Å². The zero-order chi connectivity index (χ0) is 13.8. The normalized spacial score (nSPS) is 12.1. The fourth-order valence-corrected chi connectivity index (χ4v) is 2.43. The highest BCUT2D eigenvalue weighted by molar-refractivity contribution is 7.13. The molecule has 102 valence electrons. The predicted octanol–water partition coefficient (Wildman–Crippen LogP) is 1.08.